The Kier molecular flexibility index (Phi) is 6.02. The quantitative estimate of drug-likeness (QED) is 0.829. The van der Waals surface area contributed by atoms with Gasteiger partial charge < -0.3 is 5.11 Å². The van der Waals surface area contributed by atoms with Gasteiger partial charge in [-0.25, -0.2) is 4.79 Å². The average molecular weight is 273 g/mol. The van der Waals surface area contributed by atoms with Gasteiger partial charge in [0.1, 0.15) is 4.88 Å². The molecule has 1 aromatic rings. The van der Waals surface area contributed by atoms with Crippen LogP contribution in [0.1, 0.15) is 27.9 Å². The first-order chi connectivity index (χ1) is 8.04. The van der Waals surface area contributed by atoms with Gasteiger partial charge in [-0.05, 0) is 44.5 Å². The number of rotatable bonds is 7. The van der Waals surface area contributed by atoms with Crippen LogP contribution in [0.5, 0.6) is 0 Å². The predicted octanol–water partition coefficient (Wildman–Crippen LogP) is 3.02. The third kappa shape index (κ3) is 4.69. The van der Waals surface area contributed by atoms with E-state index in [1.807, 2.05) is 17.8 Å². The highest BCUT2D eigenvalue weighted by molar-refractivity contribution is 7.98. The zero-order valence-corrected chi connectivity index (χ0v) is 12.1. The Balaban J connectivity index is 2.49. The second kappa shape index (κ2) is 7.03. The number of thiophene rings is 1. The summed E-state index contributed by atoms with van der Waals surface area (Å²) in [6.45, 7) is 3.04. The molecule has 1 atom stereocenters. The highest BCUT2D eigenvalue weighted by atomic mass is 32.2. The van der Waals surface area contributed by atoms with Crippen molar-refractivity contribution < 1.29 is 9.90 Å². The number of nitrogens with zero attached hydrogens (tertiary/aromatic N) is 1. The van der Waals surface area contributed by atoms with Gasteiger partial charge in [0.15, 0.2) is 0 Å². The fraction of sp³-hybridized carbons (Fsp3) is 0.583. The minimum absolute atomic E-state index is 0.421. The van der Waals surface area contributed by atoms with Crippen LogP contribution in [0.4, 0.5) is 0 Å². The summed E-state index contributed by atoms with van der Waals surface area (Å²) in [4.78, 5) is 14.6. The van der Waals surface area contributed by atoms with Gasteiger partial charge >= 0.3 is 5.97 Å². The fourth-order valence-corrected chi connectivity index (χ4v) is 2.98. The van der Waals surface area contributed by atoms with Crippen LogP contribution in [0.2, 0.25) is 0 Å². The molecule has 0 aliphatic rings. The summed E-state index contributed by atoms with van der Waals surface area (Å²) in [6.07, 6.45) is 3.28. The van der Waals surface area contributed by atoms with E-state index < -0.39 is 5.97 Å². The first kappa shape index (κ1) is 14.5. The Hall–Kier alpha value is -0.520. The molecule has 0 amide bonds. The van der Waals surface area contributed by atoms with Crippen LogP contribution in [0.3, 0.4) is 0 Å². The monoisotopic (exact) mass is 273 g/mol. The van der Waals surface area contributed by atoms with Crippen molar-refractivity contribution in [2.75, 3.05) is 19.1 Å². The van der Waals surface area contributed by atoms with E-state index in [0.717, 1.165) is 23.6 Å². The number of aromatic carboxylic acids is 1. The summed E-state index contributed by atoms with van der Waals surface area (Å²) < 4.78 is 0. The summed E-state index contributed by atoms with van der Waals surface area (Å²) in [7, 11) is 2.09. The molecular weight excluding hydrogens is 254 g/mol. The number of carboxylic acid groups (broad SMARTS) is 1. The van der Waals surface area contributed by atoms with E-state index in [1.165, 1.54) is 11.3 Å². The fourth-order valence-electron chi connectivity index (χ4n) is 1.49. The second-order valence-corrected chi connectivity index (χ2v) is 6.27. The number of carbonyl (C=O) groups is 1. The summed E-state index contributed by atoms with van der Waals surface area (Å²) in [6, 6.07) is 4.12. The van der Waals surface area contributed by atoms with Gasteiger partial charge in [0.25, 0.3) is 0 Å². The molecular formula is C12H19NO2S2. The lowest BCUT2D eigenvalue weighted by Crippen LogP contribution is -2.28. The molecule has 0 fully saturated rings. The highest BCUT2D eigenvalue weighted by Gasteiger charge is 2.12. The largest absolute Gasteiger partial charge is 0.477 e. The highest BCUT2D eigenvalue weighted by Crippen LogP contribution is 2.19. The summed E-state index contributed by atoms with van der Waals surface area (Å²) in [5.41, 5.74) is 0. The van der Waals surface area contributed by atoms with Crippen LogP contribution in [0.25, 0.3) is 0 Å². The third-order valence-corrected chi connectivity index (χ3v) is 4.47. The van der Waals surface area contributed by atoms with Crippen molar-refractivity contribution in [2.24, 2.45) is 0 Å². The van der Waals surface area contributed by atoms with Gasteiger partial charge in [-0.15, -0.1) is 11.3 Å². The first-order valence-corrected chi connectivity index (χ1v) is 7.76. The number of thioether (sulfide) groups is 1. The van der Waals surface area contributed by atoms with E-state index in [0.29, 0.717) is 10.9 Å². The average Bonchev–Trinajstić information content (AvgIpc) is 2.74. The molecule has 17 heavy (non-hydrogen) atoms. The maximum absolute atomic E-state index is 10.8. The number of hydrogen-bond donors (Lipinski definition) is 1. The van der Waals surface area contributed by atoms with Gasteiger partial charge in [-0.2, -0.15) is 11.8 Å². The number of carboxylic acids is 1. The number of hydrogen-bond acceptors (Lipinski definition) is 4. The molecule has 1 heterocycles. The van der Waals surface area contributed by atoms with Crippen LogP contribution in [0, 0.1) is 0 Å². The van der Waals surface area contributed by atoms with Gasteiger partial charge in [0, 0.05) is 17.5 Å². The lowest BCUT2D eigenvalue weighted by molar-refractivity contribution is 0.0702. The van der Waals surface area contributed by atoms with E-state index in [1.54, 1.807) is 6.07 Å². The van der Waals surface area contributed by atoms with Crippen LogP contribution < -0.4 is 0 Å². The molecule has 0 saturated heterocycles. The zero-order valence-electron chi connectivity index (χ0n) is 10.5. The Bertz CT molecular complexity index is 365. The van der Waals surface area contributed by atoms with Gasteiger partial charge in [0.05, 0.1) is 0 Å². The van der Waals surface area contributed by atoms with E-state index in [9.17, 15) is 4.79 Å². The second-order valence-electron chi connectivity index (χ2n) is 4.12. The molecule has 3 nitrogen and oxygen atoms in total. The molecule has 1 rings (SSSR count). The molecule has 0 radical (unpaired) electrons. The maximum Gasteiger partial charge on any atom is 0.345 e. The van der Waals surface area contributed by atoms with Crippen molar-refractivity contribution in [3.05, 3.63) is 21.9 Å². The SMILES string of the molecule is CSCCC(C)N(C)Cc1ccc(C(=O)O)s1. The van der Waals surface area contributed by atoms with Crippen LogP contribution in [-0.4, -0.2) is 41.1 Å². The normalized spacial score (nSPS) is 12.9. The predicted molar refractivity (Wildman–Crippen MR) is 75.2 cm³/mol. The smallest absolute Gasteiger partial charge is 0.345 e. The van der Waals surface area contributed by atoms with Crippen molar-refractivity contribution >= 4 is 29.1 Å². The van der Waals surface area contributed by atoms with Crippen LogP contribution in [0.15, 0.2) is 12.1 Å². The van der Waals surface area contributed by atoms with Crippen LogP contribution >= 0.6 is 23.1 Å². The van der Waals surface area contributed by atoms with Gasteiger partial charge in [-0.3, -0.25) is 4.90 Å². The molecule has 0 aromatic carbocycles. The molecule has 5 heteroatoms. The van der Waals surface area contributed by atoms with Crippen molar-refractivity contribution in [3.8, 4) is 0 Å². The third-order valence-electron chi connectivity index (χ3n) is 2.77. The van der Waals surface area contributed by atoms with Crippen molar-refractivity contribution in [3.63, 3.8) is 0 Å². The molecule has 1 N–H and O–H groups in total. The summed E-state index contributed by atoms with van der Waals surface area (Å²) in [5, 5.41) is 8.85. The van der Waals surface area contributed by atoms with Crippen molar-refractivity contribution in [2.45, 2.75) is 25.9 Å². The molecule has 96 valence electrons. The van der Waals surface area contributed by atoms with E-state index in [4.69, 9.17) is 5.11 Å². The molecule has 0 aliphatic heterocycles. The maximum atomic E-state index is 10.8. The molecule has 0 spiro atoms. The summed E-state index contributed by atoms with van der Waals surface area (Å²) in [5.74, 6) is 0.329. The van der Waals surface area contributed by atoms with Crippen LogP contribution in [-0.2, 0) is 6.54 Å². The minimum Gasteiger partial charge on any atom is -0.477 e. The topological polar surface area (TPSA) is 40.5 Å². The van der Waals surface area contributed by atoms with Gasteiger partial charge in [-0.1, -0.05) is 0 Å². The Morgan fingerprint density at radius 1 is 1.59 bits per heavy atom. The minimum atomic E-state index is -0.834. The lowest BCUT2D eigenvalue weighted by atomic mass is 10.2. The molecule has 1 unspecified atom stereocenters. The van der Waals surface area contributed by atoms with Gasteiger partial charge in [0.2, 0.25) is 0 Å². The Labute approximate surface area is 111 Å². The van der Waals surface area contributed by atoms with E-state index >= 15 is 0 Å². The van der Waals surface area contributed by atoms with Crippen molar-refractivity contribution in [1.29, 1.82) is 0 Å². The van der Waals surface area contributed by atoms with E-state index in [-0.39, 0.29) is 0 Å². The standard InChI is InChI=1S/C12H19NO2S2/c1-9(6-7-16-3)13(2)8-10-4-5-11(17-10)12(14)15/h4-5,9H,6-8H2,1-3H3,(H,14,15). The first-order valence-electron chi connectivity index (χ1n) is 5.55. The molecule has 1 aromatic heterocycles. The molecule has 0 bridgehead atoms. The Morgan fingerprint density at radius 2 is 2.29 bits per heavy atom. The molecule has 0 saturated carbocycles. The van der Waals surface area contributed by atoms with E-state index in [2.05, 4.69) is 25.1 Å². The molecule has 0 aliphatic carbocycles. The summed E-state index contributed by atoms with van der Waals surface area (Å²) >= 11 is 3.22. The lowest BCUT2D eigenvalue weighted by Gasteiger charge is -2.23. The zero-order chi connectivity index (χ0) is 12.8. The Morgan fingerprint density at radius 3 is 2.82 bits per heavy atom. The van der Waals surface area contributed by atoms with Crippen molar-refractivity contribution in [1.82, 2.24) is 4.90 Å².